The summed E-state index contributed by atoms with van der Waals surface area (Å²) in [5.41, 5.74) is 1.71. The smallest absolute Gasteiger partial charge is 0.274 e. The predicted octanol–water partition coefficient (Wildman–Crippen LogP) is 2.11. The van der Waals surface area contributed by atoms with Crippen molar-refractivity contribution in [1.29, 1.82) is 0 Å². The molecule has 2 aromatic rings. The average molecular weight is 301 g/mol. The third-order valence-corrected chi connectivity index (χ3v) is 4.19. The molecular formula is C16H23N5O. The molecule has 6 nitrogen and oxygen atoms in total. The Kier molecular flexibility index (Phi) is 4.56. The van der Waals surface area contributed by atoms with E-state index in [9.17, 15) is 4.79 Å². The molecule has 6 heteroatoms. The molecule has 1 aliphatic heterocycles. The molecule has 118 valence electrons. The topological polar surface area (TPSA) is 66.8 Å². The van der Waals surface area contributed by atoms with E-state index in [1.807, 2.05) is 27.9 Å². The summed E-state index contributed by atoms with van der Waals surface area (Å²) in [4.78, 5) is 14.5. The molecule has 3 rings (SSSR count). The largest absolute Gasteiger partial charge is 0.337 e. The number of hydrogen-bond acceptors (Lipinski definition) is 3. The summed E-state index contributed by atoms with van der Waals surface area (Å²) >= 11 is 0. The number of piperidine rings is 1. The molecular weight excluding hydrogens is 278 g/mol. The van der Waals surface area contributed by atoms with Crippen LogP contribution < -0.4 is 0 Å². The van der Waals surface area contributed by atoms with E-state index < -0.39 is 0 Å². The molecule has 1 saturated heterocycles. The van der Waals surface area contributed by atoms with E-state index in [0.717, 1.165) is 51.0 Å². The van der Waals surface area contributed by atoms with Gasteiger partial charge in [-0.15, -0.1) is 0 Å². The van der Waals surface area contributed by atoms with Gasteiger partial charge in [0.1, 0.15) is 5.69 Å². The van der Waals surface area contributed by atoms with E-state index in [-0.39, 0.29) is 5.91 Å². The quantitative estimate of drug-likeness (QED) is 0.919. The zero-order valence-corrected chi connectivity index (χ0v) is 13.0. The number of likely N-dealkylation sites (tertiary alicyclic amines) is 1. The van der Waals surface area contributed by atoms with Crippen LogP contribution in [0.2, 0.25) is 0 Å². The van der Waals surface area contributed by atoms with Crippen LogP contribution in [0.1, 0.15) is 42.4 Å². The Labute approximate surface area is 130 Å². The molecule has 0 saturated carbocycles. The minimum atomic E-state index is 0.0594. The molecule has 0 spiro atoms. The molecule has 2 aromatic heterocycles. The van der Waals surface area contributed by atoms with E-state index >= 15 is 0 Å². The van der Waals surface area contributed by atoms with Gasteiger partial charge in [0.15, 0.2) is 0 Å². The first-order valence-electron chi connectivity index (χ1n) is 8.07. The molecule has 3 heterocycles. The van der Waals surface area contributed by atoms with Crippen molar-refractivity contribution >= 4 is 5.91 Å². The maximum absolute atomic E-state index is 12.6. The van der Waals surface area contributed by atoms with Crippen molar-refractivity contribution in [1.82, 2.24) is 24.9 Å². The van der Waals surface area contributed by atoms with Crippen LogP contribution in [-0.2, 0) is 13.0 Å². The average Bonchev–Trinajstić information content (AvgIpc) is 3.19. The first kappa shape index (κ1) is 14.8. The summed E-state index contributed by atoms with van der Waals surface area (Å²) in [5, 5.41) is 11.4. The molecule has 0 radical (unpaired) electrons. The Bertz CT molecular complexity index is 604. The fraction of sp³-hybridized carbons (Fsp3) is 0.562. The Morgan fingerprint density at radius 3 is 3.14 bits per heavy atom. The number of nitrogens with zero attached hydrogens (tertiary/aromatic N) is 4. The number of aromatic amines is 1. The van der Waals surface area contributed by atoms with Gasteiger partial charge < -0.3 is 4.90 Å². The van der Waals surface area contributed by atoms with Crippen molar-refractivity contribution in [3.63, 3.8) is 0 Å². The fourth-order valence-electron chi connectivity index (χ4n) is 3.12. The van der Waals surface area contributed by atoms with Crippen molar-refractivity contribution in [3.8, 4) is 0 Å². The van der Waals surface area contributed by atoms with Crippen LogP contribution >= 0.6 is 0 Å². The first-order valence-corrected chi connectivity index (χ1v) is 8.07. The lowest BCUT2D eigenvalue weighted by Gasteiger charge is -2.32. The maximum Gasteiger partial charge on any atom is 0.274 e. The molecule has 22 heavy (non-hydrogen) atoms. The molecule has 0 unspecified atom stereocenters. The number of hydrogen-bond donors (Lipinski definition) is 1. The Morgan fingerprint density at radius 1 is 1.45 bits per heavy atom. The van der Waals surface area contributed by atoms with E-state index in [0.29, 0.717) is 11.6 Å². The second-order valence-electron chi connectivity index (χ2n) is 6.01. The number of nitrogens with one attached hydrogen (secondary N) is 1. The van der Waals surface area contributed by atoms with E-state index in [4.69, 9.17) is 0 Å². The van der Waals surface area contributed by atoms with Gasteiger partial charge in [0.25, 0.3) is 5.91 Å². The normalized spacial score (nSPS) is 18.6. The second kappa shape index (κ2) is 6.77. The van der Waals surface area contributed by atoms with Crippen molar-refractivity contribution in [3.05, 3.63) is 35.9 Å². The van der Waals surface area contributed by atoms with Gasteiger partial charge in [-0.2, -0.15) is 10.2 Å². The lowest BCUT2D eigenvalue weighted by Crippen LogP contribution is -2.40. The monoisotopic (exact) mass is 301 g/mol. The van der Waals surface area contributed by atoms with Crippen LogP contribution in [0.15, 0.2) is 24.5 Å². The van der Waals surface area contributed by atoms with Crippen molar-refractivity contribution in [2.75, 3.05) is 13.1 Å². The molecule has 0 aromatic carbocycles. The lowest BCUT2D eigenvalue weighted by molar-refractivity contribution is 0.0666. The maximum atomic E-state index is 12.6. The third kappa shape index (κ3) is 3.37. The highest BCUT2D eigenvalue weighted by atomic mass is 16.2. The Hall–Kier alpha value is -2.11. The molecule has 1 atom stereocenters. The molecule has 1 N–H and O–H groups in total. The Balaban J connectivity index is 1.61. The summed E-state index contributed by atoms with van der Waals surface area (Å²) in [6, 6.07) is 3.84. The number of rotatable bonds is 5. The second-order valence-corrected chi connectivity index (χ2v) is 6.01. The summed E-state index contributed by atoms with van der Waals surface area (Å²) in [7, 11) is 0. The van der Waals surface area contributed by atoms with Gasteiger partial charge in [-0.05, 0) is 43.7 Å². The zero-order chi connectivity index (χ0) is 15.4. The van der Waals surface area contributed by atoms with Crippen LogP contribution in [0.4, 0.5) is 0 Å². The van der Waals surface area contributed by atoms with E-state index in [2.05, 4.69) is 22.2 Å². The van der Waals surface area contributed by atoms with Gasteiger partial charge in [0, 0.05) is 37.7 Å². The van der Waals surface area contributed by atoms with Crippen LogP contribution in [0, 0.1) is 5.92 Å². The van der Waals surface area contributed by atoms with Crippen LogP contribution in [-0.4, -0.2) is 43.9 Å². The first-order chi connectivity index (χ1) is 10.8. The number of amides is 1. The minimum Gasteiger partial charge on any atom is -0.337 e. The molecule has 1 amide bonds. The van der Waals surface area contributed by atoms with Gasteiger partial charge in [-0.25, -0.2) is 0 Å². The van der Waals surface area contributed by atoms with Gasteiger partial charge >= 0.3 is 0 Å². The van der Waals surface area contributed by atoms with Crippen LogP contribution in [0.25, 0.3) is 0 Å². The lowest BCUT2D eigenvalue weighted by atomic mass is 9.93. The Morgan fingerprint density at radius 2 is 2.36 bits per heavy atom. The van der Waals surface area contributed by atoms with Crippen molar-refractivity contribution in [2.24, 2.45) is 5.92 Å². The summed E-state index contributed by atoms with van der Waals surface area (Å²) in [5.74, 6) is 0.556. The fourth-order valence-corrected chi connectivity index (χ4v) is 3.12. The van der Waals surface area contributed by atoms with Crippen LogP contribution in [0.5, 0.6) is 0 Å². The van der Waals surface area contributed by atoms with E-state index in [1.165, 1.54) is 0 Å². The van der Waals surface area contributed by atoms with Gasteiger partial charge in [-0.3, -0.25) is 14.6 Å². The van der Waals surface area contributed by atoms with Crippen LogP contribution in [0.3, 0.4) is 0 Å². The summed E-state index contributed by atoms with van der Waals surface area (Å²) in [6.07, 6.45) is 7.86. The number of H-pyrrole nitrogens is 1. The highest BCUT2D eigenvalue weighted by Gasteiger charge is 2.26. The number of carbonyl (C=O) groups is 1. The summed E-state index contributed by atoms with van der Waals surface area (Å²) in [6.45, 7) is 4.60. The van der Waals surface area contributed by atoms with Crippen molar-refractivity contribution in [2.45, 2.75) is 39.2 Å². The minimum absolute atomic E-state index is 0.0594. The molecule has 0 bridgehead atoms. The predicted molar refractivity (Wildman–Crippen MR) is 83.4 cm³/mol. The molecule has 0 aliphatic carbocycles. The van der Waals surface area contributed by atoms with Gasteiger partial charge in [0.2, 0.25) is 0 Å². The number of aromatic nitrogens is 4. The third-order valence-electron chi connectivity index (χ3n) is 4.19. The molecule has 1 fully saturated rings. The zero-order valence-electron chi connectivity index (χ0n) is 13.0. The standard InChI is InChI=1S/C16H23N5O/c1-2-8-21-10-6-15(19-21)16(22)20-9-3-4-13(12-20)11-14-5-7-17-18-14/h5-7,10,13H,2-4,8-9,11-12H2,1H3,(H,17,18)/t13-/m0/s1. The van der Waals surface area contributed by atoms with E-state index in [1.54, 1.807) is 6.20 Å². The SMILES string of the molecule is CCCn1ccc(C(=O)N2CCC[C@@H](Cc3ccn[nH]3)C2)n1. The summed E-state index contributed by atoms with van der Waals surface area (Å²) < 4.78 is 1.85. The number of carbonyl (C=O) groups excluding carboxylic acids is 1. The van der Waals surface area contributed by atoms with Crippen molar-refractivity contribution < 1.29 is 4.79 Å². The number of aryl methyl sites for hydroxylation is 1. The molecule has 1 aliphatic rings. The highest BCUT2D eigenvalue weighted by Crippen LogP contribution is 2.21. The van der Waals surface area contributed by atoms with Gasteiger partial charge in [-0.1, -0.05) is 6.92 Å². The van der Waals surface area contributed by atoms with Gasteiger partial charge in [0.05, 0.1) is 0 Å². The highest BCUT2D eigenvalue weighted by molar-refractivity contribution is 5.92.